The lowest BCUT2D eigenvalue weighted by atomic mass is 10.0. The molecule has 0 spiro atoms. The summed E-state index contributed by atoms with van der Waals surface area (Å²) in [6.07, 6.45) is 6.86. The smallest absolute Gasteiger partial charge is 0.278 e. The molecule has 1 aromatic carbocycles. The van der Waals surface area contributed by atoms with Crippen LogP contribution in [0.15, 0.2) is 35.2 Å². The number of rotatable bonds is 5. The highest BCUT2D eigenvalue weighted by Crippen LogP contribution is 2.38. The molecule has 10 heteroatoms. The van der Waals surface area contributed by atoms with Crippen molar-refractivity contribution >= 4 is 11.6 Å². The van der Waals surface area contributed by atoms with E-state index < -0.39 is 0 Å². The van der Waals surface area contributed by atoms with Crippen LogP contribution >= 0.6 is 11.6 Å². The molecule has 0 bridgehead atoms. The van der Waals surface area contributed by atoms with E-state index in [4.69, 9.17) is 30.7 Å². The molecule has 32 heavy (non-hydrogen) atoms. The lowest BCUT2D eigenvalue weighted by Crippen LogP contribution is -2.15. The Labute approximate surface area is 188 Å². The topological polar surface area (TPSA) is 93.0 Å². The van der Waals surface area contributed by atoms with Crippen molar-refractivity contribution in [2.45, 2.75) is 38.5 Å². The molecule has 164 valence electrons. The molecule has 1 saturated heterocycles. The molecule has 0 N–H and O–H groups in total. The van der Waals surface area contributed by atoms with Crippen molar-refractivity contribution in [2.75, 3.05) is 13.7 Å². The lowest BCUT2D eigenvalue weighted by molar-refractivity contribution is 0.0940. The summed E-state index contributed by atoms with van der Waals surface area (Å²) >= 11 is 6.38. The molecule has 0 amide bonds. The SMILES string of the molecule is COCc1noc(-c2ncn3c2Cc2cn(CC4CCCO4)nc2-c2cc(Cl)ccc2-3)n1. The molecule has 4 aromatic rings. The van der Waals surface area contributed by atoms with E-state index in [2.05, 4.69) is 21.3 Å². The van der Waals surface area contributed by atoms with Crippen molar-refractivity contribution in [1.82, 2.24) is 29.5 Å². The molecule has 1 atom stereocenters. The van der Waals surface area contributed by atoms with Gasteiger partial charge in [0.05, 0.1) is 29.7 Å². The zero-order valence-corrected chi connectivity index (χ0v) is 18.2. The molecule has 2 aliphatic rings. The van der Waals surface area contributed by atoms with Crippen molar-refractivity contribution in [3.63, 3.8) is 0 Å². The average molecular weight is 453 g/mol. The van der Waals surface area contributed by atoms with Crippen LogP contribution in [0.2, 0.25) is 5.02 Å². The molecule has 0 aliphatic carbocycles. The summed E-state index contributed by atoms with van der Waals surface area (Å²) in [6.45, 7) is 1.84. The van der Waals surface area contributed by atoms with Crippen molar-refractivity contribution < 1.29 is 14.0 Å². The van der Waals surface area contributed by atoms with Crippen molar-refractivity contribution in [3.8, 4) is 28.5 Å². The van der Waals surface area contributed by atoms with Gasteiger partial charge in [0, 0.05) is 42.5 Å². The van der Waals surface area contributed by atoms with E-state index in [0.29, 0.717) is 28.9 Å². The van der Waals surface area contributed by atoms with Gasteiger partial charge in [0.15, 0.2) is 11.5 Å². The fourth-order valence-electron chi connectivity index (χ4n) is 4.46. The van der Waals surface area contributed by atoms with Crippen LogP contribution in [-0.4, -0.2) is 49.3 Å². The first-order chi connectivity index (χ1) is 15.7. The van der Waals surface area contributed by atoms with Crippen LogP contribution < -0.4 is 0 Å². The molecular weight excluding hydrogens is 432 g/mol. The Bertz CT molecular complexity index is 1290. The summed E-state index contributed by atoms with van der Waals surface area (Å²) in [4.78, 5) is 9.06. The van der Waals surface area contributed by atoms with Crippen LogP contribution in [0.5, 0.6) is 0 Å². The summed E-state index contributed by atoms with van der Waals surface area (Å²) in [5.74, 6) is 0.853. The standard InChI is InChI=1S/C22H21ClN6O3/c1-30-11-19-25-22(32-27-19)21-18-7-13-9-28(10-15-3-2-6-31-15)26-20(13)16-8-14(23)4-5-17(16)29(18)12-24-21/h4-5,8-9,12,15H,2-3,6-7,10-11H2,1H3. The number of methoxy groups -OCH3 is 1. The third-order valence-electron chi connectivity index (χ3n) is 5.89. The second kappa shape index (κ2) is 7.84. The highest BCUT2D eigenvalue weighted by Gasteiger charge is 2.28. The van der Waals surface area contributed by atoms with Gasteiger partial charge in [-0.3, -0.25) is 4.68 Å². The molecule has 0 saturated carbocycles. The Morgan fingerprint density at radius 3 is 3.06 bits per heavy atom. The van der Waals surface area contributed by atoms with Crippen LogP contribution in [0, 0.1) is 0 Å². The van der Waals surface area contributed by atoms with E-state index in [1.165, 1.54) is 0 Å². The zero-order valence-electron chi connectivity index (χ0n) is 17.5. The van der Waals surface area contributed by atoms with Crippen molar-refractivity contribution in [1.29, 1.82) is 0 Å². The maximum atomic E-state index is 6.38. The fraction of sp³-hybridized carbons (Fsp3) is 0.364. The first kappa shape index (κ1) is 19.7. The zero-order chi connectivity index (χ0) is 21.7. The number of benzene rings is 1. The highest BCUT2D eigenvalue weighted by molar-refractivity contribution is 6.31. The van der Waals surface area contributed by atoms with Crippen molar-refractivity contribution in [3.05, 3.63) is 52.8 Å². The molecule has 5 heterocycles. The number of fused-ring (bicyclic) bond motifs is 5. The number of aromatic nitrogens is 6. The van der Waals surface area contributed by atoms with Gasteiger partial charge in [-0.1, -0.05) is 16.8 Å². The predicted molar refractivity (Wildman–Crippen MR) is 116 cm³/mol. The minimum absolute atomic E-state index is 0.205. The predicted octanol–water partition coefficient (Wildman–Crippen LogP) is 3.67. The molecule has 2 aliphatic heterocycles. The molecule has 1 fully saturated rings. The fourth-order valence-corrected chi connectivity index (χ4v) is 4.64. The normalized spacial score (nSPS) is 17.1. The van der Waals surface area contributed by atoms with Crippen LogP contribution in [-0.2, 0) is 29.0 Å². The maximum absolute atomic E-state index is 6.38. The van der Waals surface area contributed by atoms with Gasteiger partial charge in [0.25, 0.3) is 5.89 Å². The summed E-state index contributed by atoms with van der Waals surface area (Å²) < 4.78 is 20.4. The summed E-state index contributed by atoms with van der Waals surface area (Å²) in [5, 5.41) is 9.57. The Kier molecular flexibility index (Phi) is 4.82. The number of nitrogens with zero attached hydrogens (tertiary/aromatic N) is 6. The molecule has 0 radical (unpaired) electrons. The Hall–Kier alpha value is -3.01. The molecule has 9 nitrogen and oxygen atoms in total. The number of ether oxygens (including phenoxy) is 2. The highest BCUT2D eigenvalue weighted by atomic mass is 35.5. The van der Waals surface area contributed by atoms with E-state index in [1.807, 2.05) is 27.4 Å². The monoisotopic (exact) mass is 452 g/mol. The van der Waals surface area contributed by atoms with Crippen LogP contribution in [0.1, 0.15) is 29.9 Å². The van der Waals surface area contributed by atoms with E-state index in [9.17, 15) is 0 Å². The summed E-state index contributed by atoms with van der Waals surface area (Å²) in [7, 11) is 1.59. The molecular formula is C22H21ClN6O3. The maximum Gasteiger partial charge on any atom is 0.278 e. The average Bonchev–Trinajstić information content (AvgIpc) is 3.56. The minimum atomic E-state index is 0.205. The third kappa shape index (κ3) is 3.33. The van der Waals surface area contributed by atoms with Crippen LogP contribution in [0.3, 0.4) is 0 Å². The third-order valence-corrected chi connectivity index (χ3v) is 6.13. The van der Waals surface area contributed by atoms with Crippen molar-refractivity contribution in [2.24, 2.45) is 0 Å². The first-order valence-corrected chi connectivity index (χ1v) is 10.9. The largest absolute Gasteiger partial charge is 0.377 e. The second-order valence-electron chi connectivity index (χ2n) is 8.06. The minimum Gasteiger partial charge on any atom is -0.377 e. The molecule has 3 aromatic heterocycles. The van der Waals surface area contributed by atoms with Gasteiger partial charge in [-0.2, -0.15) is 10.1 Å². The lowest BCUT2D eigenvalue weighted by Gasteiger charge is -2.11. The number of hydrogen-bond donors (Lipinski definition) is 0. The van der Waals surface area contributed by atoms with Crippen LogP contribution in [0.4, 0.5) is 0 Å². The number of imidazole rings is 1. The summed E-state index contributed by atoms with van der Waals surface area (Å²) in [6, 6.07) is 5.82. The first-order valence-electron chi connectivity index (χ1n) is 10.6. The van der Waals surface area contributed by atoms with Gasteiger partial charge in [-0.05, 0) is 31.0 Å². The van der Waals surface area contributed by atoms with Gasteiger partial charge in [0.2, 0.25) is 0 Å². The second-order valence-corrected chi connectivity index (χ2v) is 8.49. The molecule has 6 rings (SSSR count). The van der Waals surface area contributed by atoms with E-state index in [1.54, 1.807) is 13.4 Å². The van der Waals surface area contributed by atoms with Crippen LogP contribution in [0.25, 0.3) is 28.5 Å². The summed E-state index contributed by atoms with van der Waals surface area (Å²) in [5.41, 5.74) is 5.54. The van der Waals surface area contributed by atoms with Gasteiger partial charge in [-0.15, -0.1) is 0 Å². The van der Waals surface area contributed by atoms with E-state index in [0.717, 1.165) is 54.2 Å². The number of hydrogen-bond acceptors (Lipinski definition) is 7. The Morgan fingerprint density at radius 2 is 2.22 bits per heavy atom. The van der Waals surface area contributed by atoms with Gasteiger partial charge in [0.1, 0.15) is 12.9 Å². The van der Waals surface area contributed by atoms with Gasteiger partial charge >= 0.3 is 0 Å². The number of halogens is 1. The van der Waals surface area contributed by atoms with Gasteiger partial charge < -0.3 is 18.6 Å². The van der Waals surface area contributed by atoms with Gasteiger partial charge in [-0.25, -0.2) is 4.98 Å². The quantitative estimate of drug-likeness (QED) is 0.401. The Balaban J connectivity index is 1.46. The van der Waals surface area contributed by atoms with E-state index in [-0.39, 0.29) is 12.7 Å². The Morgan fingerprint density at radius 1 is 1.28 bits per heavy atom. The molecule has 1 unspecified atom stereocenters. The van der Waals surface area contributed by atoms with E-state index >= 15 is 0 Å².